The van der Waals surface area contributed by atoms with Gasteiger partial charge in [0.25, 0.3) is 11.8 Å². The first-order valence-electron chi connectivity index (χ1n) is 5.67. The number of nitrogens with two attached hydrogens (primary N) is 1. The van der Waals surface area contributed by atoms with Crippen LogP contribution in [0.4, 0.5) is 5.69 Å². The van der Waals surface area contributed by atoms with Crippen LogP contribution in [0.1, 0.15) is 25.6 Å². The van der Waals surface area contributed by atoms with Crippen molar-refractivity contribution in [2.24, 2.45) is 0 Å². The standard InChI is InChI=1S/C13H8BrClN2O2S/c14-8-4-6(20-11(8)15)5-17-12(18)7-2-1-3-9(16)10(7)13(17)19/h1-4H,5,16H2. The number of nitrogens with zero attached hydrogens (tertiary/aromatic N) is 1. The Hall–Kier alpha value is -1.37. The molecular weight excluding hydrogens is 364 g/mol. The van der Waals surface area contributed by atoms with Gasteiger partial charge in [-0.25, -0.2) is 0 Å². The SMILES string of the molecule is Nc1cccc2c1C(=O)N(Cc1cc(Br)c(Cl)s1)C2=O. The van der Waals surface area contributed by atoms with E-state index in [0.717, 1.165) is 9.35 Å². The number of imide groups is 1. The molecule has 0 radical (unpaired) electrons. The Labute approximate surface area is 132 Å². The molecule has 3 rings (SSSR count). The third kappa shape index (κ3) is 2.04. The van der Waals surface area contributed by atoms with Crippen LogP contribution in [-0.2, 0) is 6.54 Å². The lowest BCUT2D eigenvalue weighted by Crippen LogP contribution is -2.28. The van der Waals surface area contributed by atoms with Crippen LogP contribution in [0.5, 0.6) is 0 Å². The highest BCUT2D eigenvalue weighted by atomic mass is 79.9. The predicted molar refractivity (Wildman–Crippen MR) is 82.1 cm³/mol. The highest BCUT2D eigenvalue weighted by Gasteiger charge is 2.37. The van der Waals surface area contributed by atoms with Crippen LogP contribution in [0.25, 0.3) is 0 Å². The maximum absolute atomic E-state index is 12.3. The monoisotopic (exact) mass is 370 g/mol. The molecule has 0 saturated heterocycles. The summed E-state index contributed by atoms with van der Waals surface area (Å²) in [5, 5.41) is 0. The minimum Gasteiger partial charge on any atom is -0.398 e. The molecule has 1 aliphatic heterocycles. The molecule has 2 heterocycles. The van der Waals surface area contributed by atoms with Gasteiger partial charge >= 0.3 is 0 Å². The summed E-state index contributed by atoms with van der Waals surface area (Å²) < 4.78 is 1.35. The average Bonchev–Trinajstić information content (AvgIpc) is 2.84. The van der Waals surface area contributed by atoms with Crippen molar-refractivity contribution in [1.82, 2.24) is 4.90 Å². The summed E-state index contributed by atoms with van der Waals surface area (Å²) in [7, 11) is 0. The van der Waals surface area contributed by atoms with E-state index in [1.54, 1.807) is 24.3 Å². The first-order chi connectivity index (χ1) is 9.49. The molecule has 2 aromatic rings. The topological polar surface area (TPSA) is 63.4 Å². The van der Waals surface area contributed by atoms with E-state index < -0.39 is 0 Å². The van der Waals surface area contributed by atoms with Gasteiger partial charge in [0.2, 0.25) is 0 Å². The van der Waals surface area contributed by atoms with Crippen molar-refractivity contribution in [3.8, 4) is 0 Å². The summed E-state index contributed by atoms with van der Waals surface area (Å²) in [6, 6.07) is 6.71. The van der Waals surface area contributed by atoms with E-state index in [1.807, 2.05) is 0 Å². The minimum atomic E-state index is -0.358. The van der Waals surface area contributed by atoms with E-state index in [1.165, 1.54) is 16.2 Å². The maximum atomic E-state index is 12.3. The Morgan fingerprint density at radius 3 is 2.65 bits per heavy atom. The Balaban J connectivity index is 1.96. The Morgan fingerprint density at radius 2 is 2.05 bits per heavy atom. The van der Waals surface area contributed by atoms with Crippen molar-refractivity contribution in [3.05, 3.63) is 49.1 Å². The van der Waals surface area contributed by atoms with Crippen LogP contribution < -0.4 is 5.73 Å². The molecular formula is C13H8BrClN2O2S. The predicted octanol–water partition coefficient (Wildman–Crippen LogP) is 3.54. The number of rotatable bonds is 2. The third-order valence-electron chi connectivity index (χ3n) is 3.04. The maximum Gasteiger partial charge on any atom is 0.263 e. The van der Waals surface area contributed by atoms with Gasteiger partial charge in [0.15, 0.2) is 0 Å². The number of carbonyl (C=O) groups excluding carboxylic acids is 2. The Bertz CT molecular complexity index is 724. The fourth-order valence-electron chi connectivity index (χ4n) is 2.13. The summed E-state index contributed by atoms with van der Waals surface area (Å²) in [5.41, 5.74) is 6.76. The molecule has 1 aliphatic rings. The van der Waals surface area contributed by atoms with Gasteiger partial charge in [-0.15, -0.1) is 11.3 Å². The zero-order valence-corrected chi connectivity index (χ0v) is 13.2. The zero-order chi connectivity index (χ0) is 14.4. The first kappa shape index (κ1) is 13.6. The Morgan fingerprint density at radius 1 is 1.30 bits per heavy atom. The van der Waals surface area contributed by atoms with Crippen LogP contribution in [0.3, 0.4) is 0 Å². The van der Waals surface area contributed by atoms with Crippen LogP contribution in [0.15, 0.2) is 28.7 Å². The second-order valence-corrected chi connectivity index (χ2v) is 6.89. The number of hydrogen-bond donors (Lipinski definition) is 1. The Kier molecular flexibility index (Phi) is 3.32. The molecule has 1 aromatic carbocycles. The molecule has 0 spiro atoms. The van der Waals surface area contributed by atoms with Crippen LogP contribution >= 0.6 is 38.9 Å². The zero-order valence-electron chi connectivity index (χ0n) is 10.0. The number of thiophene rings is 1. The van der Waals surface area contributed by atoms with Gasteiger partial charge in [-0.05, 0) is 34.1 Å². The summed E-state index contributed by atoms with van der Waals surface area (Å²) in [4.78, 5) is 26.6. The molecule has 0 bridgehead atoms. The van der Waals surface area contributed by atoms with E-state index in [0.29, 0.717) is 21.2 Å². The number of anilines is 1. The second kappa shape index (κ2) is 4.87. The van der Waals surface area contributed by atoms with Crippen molar-refractivity contribution in [2.75, 3.05) is 5.73 Å². The van der Waals surface area contributed by atoms with Gasteiger partial charge < -0.3 is 5.73 Å². The van der Waals surface area contributed by atoms with E-state index in [-0.39, 0.29) is 18.4 Å². The van der Waals surface area contributed by atoms with Gasteiger partial charge in [-0.2, -0.15) is 0 Å². The molecule has 7 heteroatoms. The van der Waals surface area contributed by atoms with E-state index in [2.05, 4.69) is 15.9 Å². The number of nitrogen functional groups attached to an aromatic ring is 1. The first-order valence-corrected chi connectivity index (χ1v) is 7.66. The highest BCUT2D eigenvalue weighted by molar-refractivity contribution is 9.10. The average molecular weight is 372 g/mol. The highest BCUT2D eigenvalue weighted by Crippen LogP contribution is 2.35. The van der Waals surface area contributed by atoms with Gasteiger partial charge in [0, 0.05) is 15.0 Å². The molecule has 1 aromatic heterocycles. The molecule has 102 valence electrons. The van der Waals surface area contributed by atoms with E-state index in [9.17, 15) is 9.59 Å². The molecule has 20 heavy (non-hydrogen) atoms. The molecule has 0 saturated carbocycles. The minimum absolute atomic E-state index is 0.196. The normalized spacial score (nSPS) is 14.0. The largest absolute Gasteiger partial charge is 0.398 e. The van der Waals surface area contributed by atoms with Gasteiger partial charge in [0.05, 0.1) is 17.7 Å². The van der Waals surface area contributed by atoms with Crippen molar-refractivity contribution >= 4 is 56.4 Å². The van der Waals surface area contributed by atoms with E-state index >= 15 is 0 Å². The molecule has 4 nitrogen and oxygen atoms in total. The van der Waals surface area contributed by atoms with E-state index in [4.69, 9.17) is 17.3 Å². The summed E-state index contributed by atoms with van der Waals surface area (Å²) >= 11 is 10.6. The van der Waals surface area contributed by atoms with Crippen molar-refractivity contribution in [1.29, 1.82) is 0 Å². The van der Waals surface area contributed by atoms with Gasteiger partial charge in [-0.1, -0.05) is 17.7 Å². The number of halogens is 2. The lowest BCUT2D eigenvalue weighted by Gasteiger charge is -2.12. The fourth-order valence-corrected chi connectivity index (χ4v) is 3.91. The molecule has 2 amide bonds. The number of fused-ring (bicyclic) bond motifs is 1. The van der Waals surface area contributed by atoms with Gasteiger partial charge in [0.1, 0.15) is 4.34 Å². The molecule has 0 fully saturated rings. The van der Waals surface area contributed by atoms with Crippen molar-refractivity contribution in [3.63, 3.8) is 0 Å². The number of hydrogen-bond acceptors (Lipinski definition) is 4. The second-order valence-electron chi connectivity index (χ2n) is 4.30. The van der Waals surface area contributed by atoms with Crippen LogP contribution in [0.2, 0.25) is 4.34 Å². The summed E-state index contributed by atoms with van der Waals surface area (Å²) in [6.07, 6.45) is 0. The lowest BCUT2D eigenvalue weighted by atomic mass is 10.1. The lowest BCUT2D eigenvalue weighted by molar-refractivity contribution is 0.0644. The summed E-state index contributed by atoms with van der Waals surface area (Å²) in [6.45, 7) is 0.196. The van der Waals surface area contributed by atoms with Crippen LogP contribution in [0, 0.1) is 0 Å². The molecule has 0 unspecified atom stereocenters. The van der Waals surface area contributed by atoms with Crippen molar-refractivity contribution < 1.29 is 9.59 Å². The quantitative estimate of drug-likeness (QED) is 0.649. The summed E-state index contributed by atoms with van der Waals surface area (Å²) in [5.74, 6) is -0.679. The van der Waals surface area contributed by atoms with Crippen molar-refractivity contribution in [2.45, 2.75) is 6.54 Å². The number of benzene rings is 1. The molecule has 0 aliphatic carbocycles. The third-order valence-corrected chi connectivity index (χ3v) is 5.50. The molecule has 2 N–H and O–H groups in total. The fraction of sp³-hybridized carbons (Fsp3) is 0.0769. The smallest absolute Gasteiger partial charge is 0.263 e. The number of carbonyl (C=O) groups is 2. The van der Waals surface area contributed by atoms with Gasteiger partial charge in [-0.3, -0.25) is 14.5 Å². The van der Waals surface area contributed by atoms with Crippen LogP contribution in [-0.4, -0.2) is 16.7 Å². The number of amides is 2. The molecule has 0 atom stereocenters.